The van der Waals surface area contributed by atoms with Crippen molar-refractivity contribution in [2.75, 3.05) is 107 Å². The molecule has 6 N–H and O–H groups in total. The molecular formula is C37H58N10O9S2. The first-order chi connectivity index (χ1) is 28.2. The third kappa shape index (κ3) is 13.9. The van der Waals surface area contributed by atoms with Gasteiger partial charge in [0.1, 0.15) is 16.5 Å². The van der Waals surface area contributed by atoms with Gasteiger partial charge in [-0.05, 0) is 44.9 Å². The summed E-state index contributed by atoms with van der Waals surface area (Å²) in [7, 11) is 0. The lowest BCUT2D eigenvalue weighted by Crippen LogP contribution is -2.48. The highest BCUT2D eigenvalue weighted by atomic mass is 32.2. The van der Waals surface area contributed by atoms with Crippen molar-refractivity contribution in [1.82, 2.24) is 35.5 Å². The molecule has 2 aromatic heterocycles. The second-order valence-electron chi connectivity index (χ2n) is 13.8. The number of nitrogens with zero attached hydrogens (tertiary/aromatic N) is 6. The normalized spacial score (nSPS) is 19.7. The number of nitrogens with one attached hydrogen (secondary N) is 3. The third-order valence-electron chi connectivity index (χ3n) is 9.75. The van der Waals surface area contributed by atoms with Crippen molar-refractivity contribution in [3.63, 3.8) is 0 Å². The Kier molecular flexibility index (Phi) is 18.4. The number of thioether (sulfide) groups is 1. The number of carbonyl (C=O) groups excluding carboxylic acids is 2. The van der Waals surface area contributed by atoms with Crippen LogP contribution in [0.1, 0.15) is 52.9 Å². The molecule has 322 valence electrons. The molecule has 4 atom stereocenters. The van der Waals surface area contributed by atoms with E-state index >= 15 is 0 Å². The molecule has 21 heteroatoms. The van der Waals surface area contributed by atoms with E-state index in [2.05, 4.69) is 35.7 Å². The molecule has 58 heavy (non-hydrogen) atoms. The van der Waals surface area contributed by atoms with Crippen LogP contribution < -0.4 is 36.1 Å². The molecule has 5 heterocycles. The van der Waals surface area contributed by atoms with Crippen LogP contribution in [0, 0.1) is 5.92 Å². The van der Waals surface area contributed by atoms with Crippen LogP contribution in [-0.2, 0) is 23.8 Å². The number of piperazine rings is 1. The van der Waals surface area contributed by atoms with Crippen LogP contribution in [0.5, 0.6) is 11.8 Å². The largest absolute Gasteiger partial charge is 0.481 e. The highest BCUT2D eigenvalue weighted by Crippen LogP contribution is 2.41. The summed E-state index contributed by atoms with van der Waals surface area (Å²) in [6.07, 6.45) is 3.04. The Morgan fingerprint density at radius 3 is 2.28 bits per heavy atom. The Hall–Kier alpha value is -3.89. The molecule has 0 bridgehead atoms. The molecule has 0 aromatic carbocycles. The molecule has 1 unspecified atom stereocenters. The van der Waals surface area contributed by atoms with Crippen molar-refractivity contribution in [3.8, 4) is 11.8 Å². The maximum atomic E-state index is 12.0. The van der Waals surface area contributed by atoms with Crippen LogP contribution in [-0.4, -0.2) is 157 Å². The zero-order chi connectivity index (χ0) is 41.3. The summed E-state index contributed by atoms with van der Waals surface area (Å²) in [6, 6.07) is 1.71. The fraction of sp³-hybridized carbons (Fsp3) is 0.703. The number of hydrogen-bond donors (Lipinski definition) is 5. The standard InChI is InChI=1S/C37H58N10O9S2/c1-4-29(48)41-28-22-27(38)40-37(42-28)58-31-32(55-5-2)44-35(45-33(31)56-6-3)47-13-11-46(12-14-47)15-17-53-19-21-54-20-18-52-16-10-24(34(49)50)8-7-9-26-30-25(23-57-26)39-36(51)43-30/h22,24-26,30H,4-21,23H2,1-3H3,(H,49,50)(H2,39,43,51)(H3,38,40,41,42,48)/t24?,25-,26-,30-/m0/s1. The quantitative estimate of drug-likeness (QED) is 0.0520. The molecule has 0 saturated carbocycles. The number of aromatic nitrogens is 4. The fourth-order valence-electron chi connectivity index (χ4n) is 6.71. The number of nitrogens with two attached hydrogens (primary N) is 1. The number of fused-ring (bicyclic) bond motifs is 1. The highest BCUT2D eigenvalue weighted by Gasteiger charge is 2.42. The number of aliphatic carboxylic acids is 1. The maximum absolute atomic E-state index is 12.0. The second-order valence-corrected chi connectivity index (χ2v) is 16.1. The van der Waals surface area contributed by atoms with Gasteiger partial charge in [-0.3, -0.25) is 14.5 Å². The van der Waals surface area contributed by atoms with Gasteiger partial charge in [-0.15, -0.1) is 0 Å². The van der Waals surface area contributed by atoms with Crippen molar-refractivity contribution in [2.45, 2.75) is 80.3 Å². The number of urea groups is 1. The molecule has 2 aromatic rings. The number of rotatable bonds is 26. The van der Waals surface area contributed by atoms with Gasteiger partial charge in [-0.25, -0.2) is 14.8 Å². The smallest absolute Gasteiger partial charge is 0.315 e. The summed E-state index contributed by atoms with van der Waals surface area (Å²) in [5.74, 6) is 1.18. The number of ether oxygens (including phenoxy) is 5. The van der Waals surface area contributed by atoms with E-state index in [1.807, 2.05) is 25.6 Å². The number of nitrogen functional groups attached to an aromatic ring is 1. The fourth-order valence-corrected chi connectivity index (χ4v) is 9.11. The lowest BCUT2D eigenvalue weighted by atomic mass is 9.96. The molecule has 0 aliphatic carbocycles. The minimum atomic E-state index is -0.795. The van der Waals surface area contributed by atoms with E-state index in [0.717, 1.165) is 50.0 Å². The minimum absolute atomic E-state index is 0.105. The second kappa shape index (κ2) is 23.6. The van der Waals surface area contributed by atoms with Crippen molar-refractivity contribution in [1.29, 1.82) is 0 Å². The summed E-state index contributed by atoms with van der Waals surface area (Å²) in [6.45, 7) is 12.7. The molecule has 0 radical (unpaired) electrons. The van der Waals surface area contributed by atoms with E-state index in [1.54, 1.807) is 6.92 Å². The van der Waals surface area contributed by atoms with Crippen LogP contribution in [0.4, 0.5) is 22.4 Å². The number of hydrogen-bond acceptors (Lipinski definition) is 17. The SMILES string of the molecule is CCOc1nc(N2CCN(CCOCCOCCOCCC(CCC[C@@H]3SC[C@@H]4NC(=O)N[C@@H]43)C(=O)O)CC2)nc(OCC)c1Sc1nc(N)cc(NC(=O)CC)n1. The highest BCUT2D eigenvalue weighted by molar-refractivity contribution is 8.00. The summed E-state index contributed by atoms with van der Waals surface area (Å²) >= 11 is 3.00. The summed E-state index contributed by atoms with van der Waals surface area (Å²) in [4.78, 5) is 58.6. The van der Waals surface area contributed by atoms with Crippen LogP contribution in [0.2, 0.25) is 0 Å². The first kappa shape index (κ1) is 45.2. The Balaban J connectivity index is 0.949. The first-order valence-electron chi connectivity index (χ1n) is 20.1. The summed E-state index contributed by atoms with van der Waals surface area (Å²) in [5.41, 5.74) is 6.02. The predicted molar refractivity (Wildman–Crippen MR) is 220 cm³/mol. The molecule has 3 amide bonds. The van der Waals surface area contributed by atoms with E-state index in [9.17, 15) is 19.5 Å². The molecular weight excluding hydrogens is 793 g/mol. The van der Waals surface area contributed by atoms with Crippen molar-refractivity contribution >= 4 is 59.0 Å². The number of carboxylic acid groups (broad SMARTS) is 1. The molecule has 0 spiro atoms. The van der Waals surface area contributed by atoms with E-state index in [4.69, 9.17) is 39.4 Å². The van der Waals surface area contributed by atoms with Crippen LogP contribution in [0.3, 0.4) is 0 Å². The lowest BCUT2D eigenvalue weighted by Gasteiger charge is -2.34. The number of amides is 3. The monoisotopic (exact) mass is 850 g/mol. The van der Waals surface area contributed by atoms with Gasteiger partial charge in [0.25, 0.3) is 0 Å². The van der Waals surface area contributed by atoms with Crippen LogP contribution in [0.25, 0.3) is 0 Å². The summed E-state index contributed by atoms with van der Waals surface area (Å²) in [5, 5.41) is 18.9. The van der Waals surface area contributed by atoms with Gasteiger partial charge in [-0.1, -0.05) is 13.3 Å². The van der Waals surface area contributed by atoms with Crippen molar-refractivity contribution in [3.05, 3.63) is 6.07 Å². The summed E-state index contributed by atoms with van der Waals surface area (Å²) < 4.78 is 29.0. The number of carbonyl (C=O) groups is 3. The Morgan fingerprint density at radius 2 is 1.62 bits per heavy atom. The minimum Gasteiger partial charge on any atom is -0.481 e. The van der Waals surface area contributed by atoms with Gasteiger partial charge in [0, 0.05) is 62.8 Å². The molecule has 3 fully saturated rings. The van der Waals surface area contributed by atoms with Crippen molar-refractivity contribution in [2.24, 2.45) is 5.92 Å². The number of anilines is 3. The van der Waals surface area contributed by atoms with Gasteiger partial charge < -0.3 is 55.4 Å². The van der Waals surface area contributed by atoms with Gasteiger partial charge >= 0.3 is 12.0 Å². The molecule has 3 saturated heterocycles. The maximum Gasteiger partial charge on any atom is 0.315 e. The Labute approximate surface area is 348 Å². The van der Waals surface area contributed by atoms with Gasteiger partial charge in [0.05, 0.1) is 64.2 Å². The zero-order valence-electron chi connectivity index (χ0n) is 33.6. The van der Waals surface area contributed by atoms with Gasteiger partial charge in [0.2, 0.25) is 23.6 Å². The van der Waals surface area contributed by atoms with E-state index in [-0.39, 0.29) is 29.8 Å². The predicted octanol–water partition coefficient (Wildman–Crippen LogP) is 2.74. The average molecular weight is 851 g/mol. The Bertz CT molecular complexity index is 1610. The van der Waals surface area contributed by atoms with Crippen molar-refractivity contribution < 1.29 is 43.2 Å². The van der Waals surface area contributed by atoms with E-state index in [1.165, 1.54) is 6.07 Å². The zero-order valence-corrected chi connectivity index (χ0v) is 35.2. The number of carboxylic acids is 1. The van der Waals surface area contributed by atoms with E-state index < -0.39 is 11.9 Å². The molecule has 3 aliphatic heterocycles. The molecule has 5 rings (SSSR count). The lowest BCUT2D eigenvalue weighted by molar-refractivity contribution is -0.142. The first-order valence-corrected chi connectivity index (χ1v) is 22.0. The Morgan fingerprint density at radius 1 is 0.948 bits per heavy atom. The topological polar surface area (TPSA) is 238 Å². The third-order valence-corrected chi connectivity index (χ3v) is 12.2. The molecule has 19 nitrogen and oxygen atoms in total. The van der Waals surface area contributed by atoms with Crippen LogP contribution >= 0.6 is 23.5 Å². The average Bonchev–Trinajstić information content (AvgIpc) is 3.76. The van der Waals surface area contributed by atoms with E-state index in [0.29, 0.717) is 124 Å². The van der Waals surface area contributed by atoms with Crippen LogP contribution in [0.15, 0.2) is 16.1 Å². The van der Waals surface area contributed by atoms with Gasteiger partial charge in [-0.2, -0.15) is 21.7 Å². The van der Waals surface area contributed by atoms with Gasteiger partial charge in [0.15, 0.2) is 5.16 Å². The molecule has 3 aliphatic rings.